The van der Waals surface area contributed by atoms with Gasteiger partial charge in [0.15, 0.2) is 0 Å². The van der Waals surface area contributed by atoms with Crippen molar-refractivity contribution < 1.29 is 0 Å². The average molecular weight is 489 g/mol. The predicted molar refractivity (Wildman–Crippen MR) is 160 cm³/mol. The molecule has 0 fully saturated rings. The van der Waals surface area contributed by atoms with Gasteiger partial charge in [-0.3, -0.25) is 0 Å². The van der Waals surface area contributed by atoms with Gasteiger partial charge < -0.3 is 0 Å². The third-order valence-electron chi connectivity index (χ3n) is 7.64. The molecule has 0 saturated heterocycles. The molecule has 1 atom stereocenters. The first kappa shape index (κ1) is 23.9. The maximum atomic E-state index is 2.32. The minimum atomic E-state index is 0.221. The van der Waals surface area contributed by atoms with Crippen molar-refractivity contribution in [2.75, 3.05) is 0 Å². The van der Waals surface area contributed by atoms with E-state index in [0.29, 0.717) is 5.92 Å². The van der Waals surface area contributed by atoms with Gasteiger partial charge in [0.2, 0.25) is 0 Å². The number of rotatable bonds is 7. The van der Waals surface area contributed by atoms with E-state index in [-0.39, 0.29) is 5.92 Å². The highest BCUT2D eigenvalue weighted by Gasteiger charge is 2.20. The van der Waals surface area contributed by atoms with Crippen molar-refractivity contribution in [3.8, 4) is 11.1 Å². The van der Waals surface area contributed by atoms with Gasteiger partial charge in [0, 0.05) is 11.8 Å². The molecule has 0 spiro atoms. The van der Waals surface area contributed by atoms with Crippen LogP contribution in [-0.2, 0) is 0 Å². The highest BCUT2D eigenvalue weighted by Crippen LogP contribution is 2.37. The summed E-state index contributed by atoms with van der Waals surface area (Å²) in [5, 5.41) is 0. The molecular weight excluding hydrogens is 456 g/mol. The van der Waals surface area contributed by atoms with Crippen LogP contribution in [-0.4, -0.2) is 0 Å². The molecule has 5 aromatic rings. The summed E-state index contributed by atoms with van der Waals surface area (Å²) in [5.74, 6) is 0.522. The molecule has 0 N–H and O–H groups in total. The monoisotopic (exact) mass is 488 g/mol. The first-order valence-corrected chi connectivity index (χ1v) is 13.6. The molecule has 0 nitrogen and oxygen atoms in total. The zero-order chi connectivity index (χ0) is 25.6. The van der Waals surface area contributed by atoms with Crippen LogP contribution in [0.5, 0.6) is 0 Å². The van der Waals surface area contributed by atoms with E-state index < -0.39 is 0 Å². The second-order valence-corrected chi connectivity index (χ2v) is 10.1. The lowest BCUT2D eigenvalue weighted by Crippen LogP contribution is -2.06. The molecule has 0 radical (unpaired) electrons. The van der Waals surface area contributed by atoms with Gasteiger partial charge in [-0.25, -0.2) is 0 Å². The largest absolute Gasteiger partial charge is 0.0842 e. The maximum absolute atomic E-state index is 2.32. The summed E-state index contributed by atoms with van der Waals surface area (Å²) >= 11 is 0. The van der Waals surface area contributed by atoms with Crippen molar-refractivity contribution in [1.29, 1.82) is 0 Å². The Morgan fingerprint density at radius 1 is 0.395 bits per heavy atom. The summed E-state index contributed by atoms with van der Waals surface area (Å²) in [5.41, 5.74) is 10.6. The molecule has 0 heterocycles. The Morgan fingerprint density at radius 2 is 0.789 bits per heavy atom. The van der Waals surface area contributed by atoms with Gasteiger partial charge in [-0.15, -0.1) is 0 Å². The van der Waals surface area contributed by atoms with E-state index >= 15 is 0 Å². The van der Waals surface area contributed by atoms with Crippen LogP contribution in [0.25, 0.3) is 11.1 Å². The van der Waals surface area contributed by atoms with Crippen LogP contribution >= 0.6 is 0 Å². The number of hydrogen-bond donors (Lipinski definition) is 0. The van der Waals surface area contributed by atoms with Gasteiger partial charge in [0.05, 0.1) is 0 Å². The standard InChI is InChI=1S/C38H32/c1-5-13-31(14-6-1)37(32-15-7-2-8-16-32)35-25-21-29(22-26-35)30-23-27-36(28-24-30)38(33-17-9-3-10-18-33)34-19-11-4-12-20-34/h1-11,13-19,21-28,37-38H,12,20H2. The zero-order valence-corrected chi connectivity index (χ0v) is 21.6. The quantitative estimate of drug-likeness (QED) is 0.200. The number of allylic oxidation sites excluding steroid dienone is 4. The molecule has 0 aliphatic heterocycles. The molecular formula is C38H32. The van der Waals surface area contributed by atoms with Crippen LogP contribution in [0.15, 0.2) is 163 Å². The van der Waals surface area contributed by atoms with Crippen LogP contribution in [0, 0.1) is 0 Å². The van der Waals surface area contributed by atoms with Crippen molar-refractivity contribution in [1.82, 2.24) is 0 Å². The third-order valence-corrected chi connectivity index (χ3v) is 7.64. The highest BCUT2D eigenvalue weighted by molar-refractivity contribution is 5.65. The summed E-state index contributed by atoms with van der Waals surface area (Å²) in [6.45, 7) is 0. The van der Waals surface area contributed by atoms with E-state index in [0.717, 1.165) is 12.8 Å². The fourth-order valence-electron chi connectivity index (χ4n) is 5.73. The van der Waals surface area contributed by atoms with E-state index in [1.165, 1.54) is 44.5 Å². The normalized spacial score (nSPS) is 13.8. The van der Waals surface area contributed by atoms with Crippen LogP contribution in [0.3, 0.4) is 0 Å². The molecule has 6 rings (SSSR count). The first-order valence-electron chi connectivity index (χ1n) is 13.6. The van der Waals surface area contributed by atoms with Crippen LogP contribution < -0.4 is 0 Å². The Bertz CT molecular complexity index is 1470. The van der Waals surface area contributed by atoms with E-state index in [1.54, 1.807) is 0 Å². The average Bonchev–Trinajstić information content (AvgIpc) is 3.00. The number of benzene rings is 5. The minimum absolute atomic E-state index is 0.221. The molecule has 5 aromatic carbocycles. The van der Waals surface area contributed by atoms with Gasteiger partial charge >= 0.3 is 0 Å². The van der Waals surface area contributed by atoms with Crippen LogP contribution in [0.1, 0.15) is 52.5 Å². The molecule has 184 valence electrons. The summed E-state index contributed by atoms with van der Waals surface area (Å²) < 4.78 is 0. The Balaban J connectivity index is 1.30. The summed E-state index contributed by atoms with van der Waals surface area (Å²) in [6, 6.07) is 50.8. The smallest absolute Gasteiger partial charge is 0.0339 e. The summed E-state index contributed by atoms with van der Waals surface area (Å²) in [7, 11) is 0. The zero-order valence-electron chi connectivity index (χ0n) is 21.6. The fourth-order valence-corrected chi connectivity index (χ4v) is 5.73. The van der Waals surface area contributed by atoms with Gasteiger partial charge in [0.1, 0.15) is 0 Å². The van der Waals surface area contributed by atoms with Crippen LogP contribution in [0.4, 0.5) is 0 Å². The van der Waals surface area contributed by atoms with Gasteiger partial charge in [-0.1, -0.05) is 163 Å². The highest BCUT2D eigenvalue weighted by atomic mass is 14.2. The predicted octanol–water partition coefficient (Wildman–Crippen LogP) is 9.94. The van der Waals surface area contributed by atoms with Gasteiger partial charge in [-0.05, 0) is 51.8 Å². The lowest BCUT2D eigenvalue weighted by molar-refractivity contribution is 0.831. The van der Waals surface area contributed by atoms with Crippen molar-refractivity contribution >= 4 is 0 Å². The van der Waals surface area contributed by atoms with Crippen LogP contribution in [0.2, 0.25) is 0 Å². The number of hydrogen-bond acceptors (Lipinski definition) is 0. The minimum Gasteiger partial charge on any atom is -0.0842 e. The molecule has 0 aromatic heterocycles. The molecule has 1 unspecified atom stereocenters. The Morgan fingerprint density at radius 3 is 1.21 bits per heavy atom. The van der Waals surface area contributed by atoms with E-state index in [4.69, 9.17) is 0 Å². The molecule has 1 aliphatic rings. The van der Waals surface area contributed by atoms with Crippen molar-refractivity contribution in [3.63, 3.8) is 0 Å². The second kappa shape index (κ2) is 11.3. The Labute approximate surface area is 226 Å². The fraction of sp³-hybridized carbons (Fsp3) is 0.105. The van der Waals surface area contributed by atoms with E-state index in [1.807, 2.05) is 0 Å². The maximum Gasteiger partial charge on any atom is 0.0339 e. The molecule has 0 heteroatoms. The lowest BCUT2D eigenvalue weighted by Gasteiger charge is -2.23. The molecule has 0 saturated carbocycles. The Hall–Kier alpha value is -4.42. The van der Waals surface area contributed by atoms with Gasteiger partial charge in [-0.2, -0.15) is 0 Å². The third kappa shape index (κ3) is 5.17. The topological polar surface area (TPSA) is 0 Å². The van der Waals surface area contributed by atoms with E-state index in [2.05, 4.69) is 158 Å². The lowest BCUT2D eigenvalue weighted by atomic mass is 9.81. The second-order valence-electron chi connectivity index (χ2n) is 10.1. The molecule has 0 amide bonds. The first-order chi connectivity index (χ1) is 18.9. The molecule has 0 bridgehead atoms. The van der Waals surface area contributed by atoms with Crippen molar-refractivity contribution in [2.24, 2.45) is 0 Å². The SMILES string of the molecule is C1=CCCC(C(c2ccccc2)c2ccc(-c3ccc(C(c4ccccc4)c4ccccc4)cc3)cc2)=C1. The van der Waals surface area contributed by atoms with Crippen molar-refractivity contribution in [3.05, 3.63) is 191 Å². The van der Waals surface area contributed by atoms with Gasteiger partial charge in [0.25, 0.3) is 0 Å². The Kier molecular flexibility index (Phi) is 7.13. The summed E-state index contributed by atoms with van der Waals surface area (Å²) in [6.07, 6.45) is 9.01. The molecule has 1 aliphatic carbocycles. The summed E-state index contributed by atoms with van der Waals surface area (Å²) in [4.78, 5) is 0. The van der Waals surface area contributed by atoms with Crippen molar-refractivity contribution in [2.45, 2.75) is 24.7 Å². The molecule has 38 heavy (non-hydrogen) atoms. The van der Waals surface area contributed by atoms with E-state index in [9.17, 15) is 0 Å².